The lowest BCUT2D eigenvalue weighted by molar-refractivity contribution is 0.0698. The van der Waals surface area contributed by atoms with E-state index >= 15 is 0 Å². The molecular weight excluding hydrogens is 324 g/mol. The molecule has 0 heterocycles. The first-order valence-electron chi connectivity index (χ1n) is 5.74. The van der Waals surface area contributed by atoms with Crippen LogP contribution in [0.1, 0.15) is 10.4 Å². The average molecular weight is 337 g/mol. The topological polar surface area (TPSA) is 84.6 Å². The Morgan fingerprint density at radius 3 is 2.70 bits per heavy atom. The molecule has 0 spiro atoms. The van der Waals surface area contributed by atoms with Crippen LogP contribution in [0.15, 0.2) is 40.9 Å². The van der Waals surface area contributed by atoms with Gasteiger partial charge in [0.15, 0.2) is 0 Å². The summed E-state index contributed by atoms with van der Waals surface area (Å²) in [7, 11) is 1.56. The van der Waals surface area contributed by atoms with Gasteiger partial charge in [-0.25, -0.2) is 4.79 Å². The molecule has 104 valence electrons. The Hall–Kier alpha value is -2.21. The van der Waals surface area contributed by atoms with Gasteiger partial charge >= 0.3 is 5.97 Å². The van der Waals surface area contributed by atoms with Crippen molar-refractivity contribution in [3.63, 3.8) is 0 Å². The fourth-order valence-electron chi connectivity index (χ4n) is 1.76. The smallest absolute Gasteiger partial charge is 0.337 e. The molecule has 0 aliphatic heterocycles. The number of carboxylic acids is 1. The number of anilines is 3. The van der Waals surface area contributed by atoms with Gasteiger partial charge in [-0.15, -0.1) is 0 Å². The highest BCUT2D eigenvalue weighted by Gasteiger charge is 2.11. The van der Waals surface area contributed by atoms with Crippen LogP contribution in [0.5, 0.6) is 5.75 Å². The molecule has 4 N–H and O–H groups in total. The molecular formula is C14H13BrN2O3. The number of benzene rings is 2. The van der Waals surface area contributed by atoms with Crippen molar-refractivity contribution in [1.82, 2.24) is 0 Å². The molecule has 0 unspecified atom stereocenters. The number of methoxy groups -OCH3 is 1. The van der Waals surface area contributed by atoms with E-state index < -0.39 is 5.97 Å². The zero-order chi connectivity index (χ0) is 14.7. The molecule has 0 saturated heterocycles. The van der Waals surface area contributed by atoms with E-state index in [4.69, 9.17) is 10.5 Å². The molecule has 0 aromatic heterocycles. The van der Waals surface area contributed by atoms with Crippen molar-refractivity contribution >= 4 is 39.0 Å². The third kappa shape index (κ3) is 3.21. The molecule has 0 fully saturated rings. The second-order valence-corrected chi connectivity index (χ2v) is 5.03. The monoisotopic (exact) mass is 336 g/mol. The van der Waals surface area contributed by atoms with Gasteiger partial charge in [0.25, 0.3) is 0 Å². The van der Waals surface area contributed by atoms with Crippen molar-refractivity contribution in [2.45, 2.75) is 0 Å². The van der Waals surface area contributed by atoms with Gasteiger partial charge in [-0.1, -0.05) is 15.9 Å². The molecule has 0 radical (unpaired) electrons. The molecule has 0 atom stereocenters. The number of hydrogen-bond acceptors (Lipinski definition) is 4. The van der Waals surface area contributed by atoms with Crippen LogP contribution in [0.25, 0.3) is 0 Å². The van der Waals surface area contributed by atoms with Crippen LogP contribution in [0.4, 0.5) is 17.1 Å². The number of ether oxygens (including phenoxy) is 1. The maximum Gasteiger partial charge on any atom is 0.337 e. The molecule has 0 saturated carbocycles. The van der Waals surface area contributed by atoms with Crippen LogP contribution < -0.4 is 15.8 Å². The Morgan fingerprint density at radius 1 is 1.30 bits per heavy atom. The quantitative estimate of drug-likeness (QED) is 0.744. The van der Waals surface area contributed by atoms with E-state index in [0.29, 0.717) is 22.8 Å². The fraction of sp³-hybridized carbons (Fsp3) is 0.0714. The van der Waals surface area contributed by atoms with Crippen LogP contribution >= 0.6 is 15.9 Å². The van der Waals surface area contributed by atoms with E-state index in [1.807, 2.05) is 12.1 Å². The van der Waals surface area contributed by atoms with E-state index in [1.165, 1.54) is 6.07 Å². The second-order valence-electron chi connectivity index (χ2n) is 4.11. The number of carbonyl (C=O) groups is 1. The van der Waals surface area contributed by atoms with Crippen molar-refractivity contribution in [3.05, 3.63) is 46.4 Å². The minimum absolute atomic E-state index is 0.151. The number of nitrogen functional groups attached to an aromatic ring is 1. The van der Waals surface area contributed by atoms with Gasteiger partial charge in [0.05, 0.1) is 18.4 Å². The number of hydrogen-bond donors (Lipinski definition) is 3. The molecule has 20 heavy (non-hydrogen) atoms. The maximum absolute atomic E-state index is 11.2. The lowest BCUT2D eigenvalue weighted by Crippen LogP contribution is -2.03. The first kappa shape index (κ1) is 14.2. The van der Waals surface area contributed by atoms with E-state index in [9.17, 15) is 9.90 Å². The predicted molar refractivity (Wildman–Crippen MR) is 81.8 cm³/mol. The summed E-state index contributed by atoms with van der Waals surface area (Å²) in [6.45, 7) is 0. The van der Waals surface area contributed by atoms with Crippen LogP contribution in [-0.4, -0.2) is 18.2 Å². The summed E-state index contributed by atoms with van der Waals surface area (Å²) in [5, 5.41) is 12.2. The van der Waals surface area contributed by atoms with Crippen molar-refractivity contribution in [1.29, 1.82) is 0 Å². The number of halogens is 1. The third-order valence-electron chi connectivity index (χ3n) is 2.66. The fourth-order valence-corrected chi connectivity index (χ4v) is 2.23. The number of carboxylic acid groups (broad SMARTS) is 1. The third-order valence-corrected chi connectivity index (χ3v) is 3.12. The van der Waals surface area contributed by atoms with Gasteiger partial charge in [0.2, 0.25) is 0 Å². The summed E-state index contributed by atoms with van der Waals surface area (Å²) in [5.74, 6) is -0.364. The first-order valence-corrected chi connectivity index (χ1v) is 6.53. The van der Waals surface area contributed by atoms with E-state index in [-0.39, 0.29) is 5.56 Å². The minimum Gasteiger partial charge on any atom is -0.497 e. The maximum atomic E-state index is 11.2. The van der Waals surface area contributed by atoms with Crippen molar-refractivity contribution in [3.8, 4) is 5.75 Å². The molecule has 0 aliphatic rings. The summed E-state index contributed by atoms with van der Waals surface area (Å²) in [6.07, 6.45) is 0. The number of rotatable bonds is 4. The highest BCUT2D eigenvalue weighted by Crippen LogP contribution is 2.29. The molecule has 0 aliphatic carbocycles. The molecule has 2 rings (SSSR count). The van der Waals surface area contributed by atoms with Crippen LogP contribution in [0.3, 0.4) is 0 Å². The Balaban J connectivity index is 2.41. The first-order chi connectivity index (χ1) is 9.49. The molecule has 0 bridgehead atoms. The summed E-state index contributed by atoms with van der Waals surface area (Å²) >= 11 is 3.37. The van der Waals surface area contributed by atoms with Gasteiger partial charge in [-0.05, 0) is 30.3 Å². The molecule has 5 nitrogen and oxygen atoms in total. The summed E-state index contributed by atoms with van der Waals surface area (Å²) in [6, 6.07) is 9.99. The molecule has 2 aromatic carbocycles. The molecule has 6 heteroatoms. The van der Waals surface area contributed by atoms with Crippen molar-refractivity contribution < 1.29 is 14.6 Å². The SMILES string of the molecule is COc1cc(Br)cc(Nc2cc(N)ccc2C(=O)O)c1. The summed E-state index contributed by atoms with van der Waals surface area (Å²) < 4.78 is 5.98. The second kappa shape index (κ2) is 5.83. The van der Waals surface area contributed by atoms with Crippen molar-refractivity contribution in [2.75, 3.05) is 18.2 Å². The lowest BCUT2D eigenvalue weighted by atomic mass is 10.1. The highest BCUT2D eigenvalue weighted by atomic mass is 79.9. The van der Waals surface area contributed by atoms with E-state index in [1.54, 1.807) is 25.3 Å². The number of nitrogens with two attached hydrogens (primary N) is 1. The molecule has 0 amide bonds. The largest absolute Gasteiger partial charge is 0.497 e. The van der Waals surface area contributed by atoms with Crippen LogP contribution in [0.2, 0.25) is 0 Å². The Bertz CT molecular complexity index is 659. The van der Waals surface area contributed by atoms with E-state index in [2.05, 4.69) is 21.2 Å². The Kier molecular flexibility index (Phi) is 4.14. The minimum atomic E-state index is -1.02. The van der Waals surface area contributed by atoms with E-state index in [0.717, 1.165) is 4.47 Å². The zero-order valence-electron chi connectivity index (χ0n) is 10.7. The zero-order valence-corrected chi connectivity index (χ0v) is 12.3. The van der Waals surface area contributed by atoms with Crippen LogP contribution in [0, 0.1) is 0 Å². The van der Waals surface area contributed by atoms with Gasteiger partial charge in [0, 0.05) is 21.9 Å². The lowest BCUT2D eigenvalue weighted by Gasteiger charge is -2.12. The van der Waals surface area contributed by atoms with Gasteiger partial charge in [-0.3, -0.25) is 0 Å². The number of aromatic carboxylic acids is 1. The average Bonchev–Trinajstić information content (AvgIpc) is 2.37. The Labute approximate surface area is 124 Å². The van der Waals surface area contributed by atoms with Gasteiger partial charge in [-0.2, -0.15) is 0 Å². The normalized spacial score (nSPS) is 10.1. The summed E-state index contributed by atoms with van der Waals surface area (Å²) in [4.78, 5) is 11.2. The summed E-state index contributed by atoms with van der Waals surface area (Å²) in [5.41, 5.74) is 7.46. The van der Waals surface area contributed by atoms with Gasteiger partial charge in [0.1, 0.15) is 5.75 Å². The highest BCUT2D eigenvalue weighted by molar-refractivity contribution is 9.10. The molecule has 2 aromatic rings. The standard InChI is InChI=1S/C14H13BrN2O3/c1-20-11-5-8(15)4-10(7-11)17-13-6-9(16)2-3-12(13)14(18)19/h2-7,17H,16H2,1H3,(H,18,19). The van der Waals surface area contributed by atoms with Crippen molar-refractivity contribution in [2.24, 2.45) is 0 Å². The van der Waals surface area contributed by atoms with Crippen LogP contribution in [-0.2, 0) is 0 Å². The Morgan fingerprint density at radius 2 is 2.05 bits per heavy atom. The van der Waals surface area contributed by atoms with Gasteiger partial charge < -0.3 is 20.9 Å². The number of nitrogens with one attached hydrogen (secondary N) is 1. The predicted octanol–water partition coefficient (Wildman–Crippen LogP) is 3.48.